The molecule has 0 radical (unpaired) electrons. The molecule has 1 spiro atoms. The lowest BCUT2D eigenvalue weighted by atomic mass is 9.83. The lowest BCUT2D eigenvalue weighted by molar-refractivity contribution is -0.142. The number of hydrogen-bond acceptors (Lipinski definition) is 5. The Morgan fingerprint density at radius 3 is 2.34 bits per heavy atom. The van der Waals surface area contributed by atoms with Crippen LogP contribution in [-0.2, 0) is 14.3 Å². The Morgan fingerprint density at radius 1 is 1.06 bits per heavy atom. The van der Waals surface area contributed by atoms with E-state index in [0.717, 1.165) is 25.7 Å². The number of carbonyl (C=O) groups excluding carboxylic acids is 3. The van der Waals surface area contributed by atoms with E-state index in [1.54, 1.807) is 53.0 Å². The van der Waals surface area contributed by atoms with E-state index in [9.17, 15) is 14.4 Å². The number of nitrogens with zero attached hydrogens (tertiary/aromatic N) is 3. The molecular weight excluding hydrogens is 410 g/mol. The molecule has 1 unspecified atom stereocenters. The van der Waals surface area contributed by atoms with Crippen LogP contribution in [0.3, 0.4) is 0 Å². The fourth-order valence-electron chi connectivity index (χ4n) is 5.12. The van der Waals surface area contributed by atoms with Gasteiger partial charge in [0.2, 0.25) is 11.8 Å². The zero-order valence-electron chi connectivity index (χ0n) is 19.2. The van der Waals surface area contributed by atoms with Gasteiger partial charge in [-0.1, -0.05) is 13.0 Å². The Kier molecular flexibility index (Phi) is 6.42. The average molecular weight is 444 g/mol. The molecule has 3 fully saturated rings. The Bertz CT molecular complexity index is 872. The second-order valence-electron chi connectivity index (χ2n) is 9.19. The summed E-state index contributed by atoms with van der Waals surface area (Å²) in [6, 6.07) is 6.40. The highest BCUT2D eigenvalue weighted by atomic mass is 16.5. The van der Waals surface area contributed by atoms with E-state index in [1.165, 1.54) is 0 Å². The lowest BCUT2D eigenvalue weighted by Gasteiger charge is -2.44. The van der Waals surface area contributed by atoms with Crippen molar-refractivity contribution in [2.75, 3.05) is 39.9 Å². The molecule has 3 aliphatic rings. The Balaban J connectivity index is 1.60. The zero-order valence-corrected chi connectivity index (χ0v) is 19.2. The minimum Gasteiger partial charge on any atom is -0.497 e. The van der Waals surface area contributed by atoms with Gasteiger partial charge >= 0.3 is 0 Å². The summed E-state index contributed by atoms with van der Waals surface area (Å²) >= 11 is 0. The summed E-state index contributed by atoms with van der Waals surface area (Å²) in [6.45, 7) is 5.94. The van der Waals surface area contributed by atoms with Crippen LogP contribution in [0.2, 0.25) is 0 Å². The minimum absolute atomic E-state index is 0.0198. The van der Waals surface area contributed by atoms with Crippen LogP contribution in [0, 0.1) is 5.92 Å². The number of amides is 3. The van der Waals surface area contributed by atoms with Crippen LogP contribution in [0.15, 0.2) is 24.3 Å². The van der Waals surface area contributed by atoms with E-state index in [1.807, 2.05) is 0 Å². The Labute approximate surface area is 189 Å². The fraction of sp³-hybridized carbons (Fsp3) is 0.625. The quantitative estimate of drug-likeness (QED) is 0.715. The van der Waals surface area contributed by atoms with Crippen molar-refractivity contribution >= 4 is 17.7 Å². The van der Waals surface area contributed by atoms with Crippen LogP contribution in [0.25, 0.3) is 0 Å². The fourth-order valence-corrected chi connectivity index (χ4v) is 5.12. The molecule has 1 atom stereocenters. The molecule has 8 heteroatoms. The highest BCUT2D eigenvalue weighted by Crippen LogP contribution is 2.43. The van der Waals surface area contributed by atoms with Crippen molar-refractivity contribution in [3.8, 4) is 5.75 Å². The average Bonchev–Trinajstić information content (AvgIpc) is 3.19. The minimum atomic E-state index is -0.742. The summed E-state index contributed by atoms with van der Waals surface area (Å²) in [6.07, 6.45) is 3.37. The van der Waals surface area contributed by atoms with Gasteiger partial charge in [0.1, 0.15) is 17.5 Å². The molecule has 32 heavy (non-hydrogen) atoms. The van der Waals surface area contributed by atoms with E-state index in [0.29, 0.717) is 43.4 Å². The number of ether oxygens (including phenoxy) is 2. The van der Waals surface area contributed by atoms with Crippen molar-refractivity contribution in [2.45, 2.75) is 51.3 Å². The maximum absolute atomic E-state index is 13.8. The highest BCUT2D eigenvalue weighted by Gasteiger charge is 2.54. The molecule has 1 aromatic rings. The number of carbonyl (C=O) groups is 3. The van der Waals surface area contributed by atoms with Gasteiger partial charge in [0.05, 0.1) is 13.7 Å². The van der Waals surface area contributed by atoms with Crippen molar-refractivity contribution in [1.82, 2.24) is 14.7 Å². The van der Waals surface area contributed by atoms with Crippen LogP contribution in [0.1, 0.15) is 49.9 Å². The number of piperazine rings is 1. The van der Waals surface area contributed by atoms with Gasteiger partial charge in [0.25, 0.3) is 5.91 Å². The first-order valence-electron chi connectivity index (χ1n) is 11.5. The predicted molar refractivity (Wildman–Crippen MR) is 118 cm³/mol. The molecule has 1 aliphatic carbocycles. The van der Waals surface area contributed by atoms with Gasteiger partial charge in [-0.3, -0.25) is 19.3 Å². The summed E-state index contributed by atoms with van der Waals surface area (Å²) < 4.78 is 11.6. The monoisotopic (exact) mass is 443 g/mol. The molecule has 1 saturated carbocycles. The number of rotatable bonds is 3. The molecule has 0 bridgehead atoms. The maximum Gasteiger partial charge on any atom is 0.257 e. The van der Waals surface area contributed by atoms with E-state index < -0.39 is 11.8 Å². The molecule has 8 nitrogen and oxygen atoms in total. The van der Waals surface area contributed by atoms with Gasteiger partial charge in [-0.2, -0.15) is 0 Å². The van der Waals surface area contributed by atoms with Crippen LogP contribution < -0.4 is 4.74 Å². The molecule has 2 saturated heterocycles. The molecule has 1 aromatic carbocycles. The van der Waals surface area contributed by atoms with Crippen molar-refractivity contribution < 1.29 is 23.9 Å². The molecule has 0 N–H and O–H groups in total. The third kappa shape index (κ3) is 4.20. The third-order valence-electron chi connectivity index (χ3n) is 7.17. The molecule has 2 aliphatic heterocycles. The zero-order chi connectivity index (χ0) is 22.9. The topological polar surface area (TPSA) is 79.4 Å². The molecule has 2 heterocycles. The predicted octanol–water partition coefficient (Wildman–Crippen LogP) is 2.13. The normalized spacial score (nSPS) is 28.2. The van der Waals surface area contributed by atoms with Crippen LogP contribution in [-0.4, -0.2) is 84.1 Å². The molecular formula is C24H33N3O5. The highest BCUT2D eigenvalue weighted by molar-refractivity contribution is 5.98. The number of methoxy groups -OCH3 is 1. The van der Waals surface area contributed by atoms with E-state index >= 15 is 0 Å². The first-order chi connectivity index (χ1) is 15.3. The Morgan fingerprint density at radius 2 is 1.72 bits per heavy atom. The van der Waals surface area contributed by atoms with Gasteiger partial charge < -0.3 is 19.3 Å². The first-order valence-corrected chi connectivity index (χ1v) is 11.5. The van der Waals surface area contributed by atoms with Gasteiger partial charge in [-0.05, 0) is 49.8 Å². The largest absolute Gasteiger partial charge is 0.497 e. The standard InChI is InChI=1S/C24H33N3O5/c1-17-7-9-24(10-8-17)27(22(29)19-5-4-6-20(15-19)31-3)21(16-32-24)23(30)26-13-11-25(12-14-26)18(2)28/h4-6,15,17,21H,7-14,16H2,1-3H3. The SMILES string of the molecule is COc1cccc(C(=O)N2C(C(=O)N3CCN(C(C)=O)CC3)COC23CCC(C)CC3)c1. The van der Waals surface area contributed by atoms with Crippen molar-refractivity contribution in [3.05, 3.63) is 29.8 Å². The van der Waals surface area contributed by atoms with Crippen LogP contribution in [0.4, 0.5) is 0 Å². The Hall–Kier alpha value is -2.61. The molecule has 174 valence electrons. The van der Waals surface area contributed by atoms with Crippen molar-refractivity contribution in [3.63, 3.8) is 0 Å². The van der Waals surface area contributed by atoms with Crippen LogP contribution in [0.5, 0.6) is 5.75 Å². The van der Waals surface area contributed by atoms with Crippen molar-refractivity contribution in [1.29, 1.82) is 0 Å². The van der Waals surface area contributed by atoms with E-state index in [4.69, 9.17) is 9.47 Å². The molecule has 0 aromatic heterocycles. The van der Waals surface area contributed by atoms with Gasteiger partial charge in [0, 0.05) is 38.7 Å². The summed E-state index contributed by atoms with van der Waals surface area (Å²) in [5.74, 6) is 0.904. The summed E-state index contributed by atoms with van der Waals surface area (Å²) in [5.41, 5.74) is -0.249. The van der Waals surface area contributed by atoms with Crippen LogP contribution >= 0.6 is 0 Å². The second-order valence-corrected chi connectivity index (χ2v) is 9.19. The summed E-state index contributed by atoms with van der Waals surface area (Å²) in [5, 5.41) is 0. The van der Waals surface area contributed by atoms with Gasteiger partial charge in [-0.25, -0.2) is 0 Å². The lowest BCUT2D eigenvalue weighted by Crippen LogP contribution is -2.59. The number of hydrogen-bond donors (Lipinski definition) is 0. The second kappa shape index (κ2) is 9.10. The number of benzene rings is 1. The third-order valence-corrected chi connectivity index (χ3v) is 7.17. The maximum atomic E-state index is 13.8. The van der Waals surface area contributed by atoms with Gasteiger partial charge in [0.15, 0.2) is 0 Å². The summed E-state index contributed by atoms with van der Waals surface area (Å²) in [4.78, 5) is 44.2. The van der Waals surface area contributed by atoms with E-state index in [-0.39, 0.29) is 24.3 Å². The van der Waals surface area contributed by atoms with Crippen molar-refractivity contribution in [2.24, 2.45) is 5.92 Å². The van der Waals surface area contributed by atoms with E-state index in [2.05, 4.69) is 6.92 Å². The summed E-state index contributed by atoms with van der Waals surface area (Å²) in [7, 11) is 1.57. The molecule has 3 amide bonds. The molecule has 4 rings (SSSR count). The smallest absolute Gasteiger partial charge is 0.257 e. The first kappa shape index (κ1) is 22.6. The van der Waals surface area contributed by atoms with Gasteiger partial charge in [-0.15, -0.1) is 0 Å².